The van der Waals surface area contributed by atoms with Crippen molar-refractivity contribution in [1.29, 1.82) is 0 Å². The van der Waals surface area contributed by atoms with Crippen molar-refractivity contribution in [1.82, 2.24) is 15.1 Å². The average Bonchev–Trinajstić information content (AvgIpc) is 2.97. The van der Waals surface area contributed by atoms with Crippen molar-refractivity contribution in [2.75, 3.05) is 19.6 Å². The Kier molecular flexibility index (Phi) is 6.68. The highest BCUT2D eigenvalue weighted by Crippen LogP contribution is 2.31. The fraction of sp³-hybridized carbons (Fsp3) is 0.583. The number of benzene rings is 1. The number of hydrogen-bond acceptors (Lipinski definition) is 4. The minimum atomic E-state index is -0.331. The summed E-state index contributed by atoms with van der Waals surface area (Å²) in [4.78, 5) is 53.9. The molecule has 3 aliphatic rings. The molecule has 1 aromatic rings. The van der Waals surface area contributed by atoms with Crippen LogP contribution in [-0.4, -0.2) is 59.1 Å². The molecule has 1 N–H and O–H groups in total. The highest BCUT2D eigenvalue weighted by atomic mass is 16.2. The van der Waals surface area contributed by atoms with Crippen molar-refractivity contribution in [3.8, 4) is 0 Å². The third-order valence-corrected chi connectivity index (χ3v) is 6.70. The molecule has 1 aromatic carbocycles. The Morgan fingerprint density at radius 3 is 2.23 bits per heavy atom. The summed E-state index contributed by atoms with van der Waals surface area (Å²) in [5.41, 5.74) is 1.03. The number of nitrogens with zero attached hydrogens (tertiary/aromatic N) is 2. The Bertz CT molecular complexity index is 868. The number of nitrogens with one attached hydrogen (secondary N) is 1. The van der Waals surface area contributed by atoms with Gasteiger partial charge in [-0.2, -0.15) is 0 Å². The van der Waals surface area contributed by atoms with Gasteiger partial charge in [0.25, 0.3) is 17.7 Å². The Labute approximate surface area is 183 Å². The molecule has 0 aromatic heterocycles. The summed E-state index contributed by atoms with van der Waals surface area (Å²) >= 11 is 0. The van der Waals surface area contributed by atoms with Gasteiger partial charge in [0.15, 0.2) is 0 Å². The van der Waals surface area contributed by atoms with E-state index in [0.29, 0.717) is 16.7 Å². The molecule has 166 valence electrons. The molecular weight excluding hydrogens is 394 g/mol. The normalized spacial score (nSPS) is 19.9. The number of imide groups is 1. The van der Waals surface area contributed by atoms with Crippen LogP contribution in [-0.2, 0) is 4.79 Å². The van der Waals surface area contributed by atoms with Crippen LogP contribution in [0.1, 0.15) is 95.3 Å². The summed E-state index contributed by atoms with van der Waals surface area (Å²) in [5.74, 6) is -0.803. The highest BCUT2D eigenvalue weighted by molar-refractivity contribution is 6.22. The first kappa shape index (κ1) is 21.5. The predicted molar refractivity (Wildman–Crippen MR) is 116 cm³/mol. The molecule has 4 amide bonds. The molecule has 31 heavy (non-hydrogen) atoms. The highest BCUT2D eigenvalue weighted by Gasteiger charge is 2.40. The van der Waals surface area contributed by atoms with Gasteiger partial charge in [0.05, 0.1) is 11.1 Å². The monoisotopic (exact) mass is 425 g/mol. The second-order valence-electron chi connectivity index (χ2n) is 8.83. The van der Waals surface area contributed by atoms with Gasteiger partial charge in [0.2, 0.25) is 5.91 Å². The maximum atomic E-state index is 12.9. The predicted octanol–water partition coefficient (Wildman–Crippen LogP) is 3.14. The summed E-state index contributed by atoms with van der Waals surface area (Å²) in [6, 6.07) is 4.64. The average molecular weight is 426 g/mol. The summed E-state index contributed by atoms with van der Waals surface area (Å²) in [5, 5.41) is 2.78. The van der Waals surface area contributed by atoms with E-state index in [2.05, 4.69) is 5.32 Å². The van der Waals surface area contributed by atoms with Crippen molar-refractivity contribution >= 4 is 23.6 Å². The zero-order valence-corrected chi connectivity index (χ0v) is 18.0. The first-order chi connectivity index (χ1) is 15.1. The summed E-state index contributed by atoms with van der Waals surface area (Å²) in [6.45, 7) is 1.85. The minimum absolute atomic E-state index is 0.0385. The van der Waals surface area contributed by atoms with Crippen LogP contribution in [0.2, 0.25) is 0 Å². The van der Waals surface area contributed by atoms with E-state index in [1.54, 1.807) is 12.1 Å². The van der Waals surface area contributed by atoms with Crippen molar-refractivity contribution in [2.24, 2.45) is 0 Å². The van der Waals surface area contributed by atoms with E-state index in [1.165, 1.54) is 11.0 Å². The Morgan fingerprint density at radius 2 is 1.52 bits per heavy atom. The van der Waals surface area contributed by atoms with Crippen molar-refractivity contribution < 1.29 is 19.2 Å². The molecule has 2 heterocycles. The van der Waals surface area contributed by atoms with Crippen molar-refractivity contribution in [2.45, 2.75) is 70.3 Å². The molecule has 7 heteroatoms. The van der Waals surface area contributed by atoms with E-state index in [4.69, 9.17) is 0 Å². The van der Waals surface area contributed by atoms with E-state index in [-0.39, 0.29) is 42.6 Å². The molecule has 1 aliphatic carbocycles. The minimum Gasteiger partial charge on any atom is -0.352 e. The lowest BCUT2D eigenvalue weighted by molar-refractivity contribution is -0.131. The van der Waals surface area contributed by atoms with Gasteiger partial charge in [-0.1, -0.05) is 32.1 Å². The topological polar surface area (TPSA) is 86.8 Å². The van der Waals surface area contributed by atoms with Crippen LogP contribution >= 0.6 is 0 Å². The molecule has 2 fully saturated rings. The lowest BCUT2D eigenvalue weighted by Gasteiger charge is -2.29. The van der Waals surface area contributed by atoms with Crippen molar-refractivity contribution in [3.63, 3.8) is 0 Å². The smallest absolute Gasteiger partial charge is 0.261 e. The standard InChI is InChI=1S/C24H31N3O4/c28-21(26-14-6-1-2-7-15-26)12-13-25-22(29)17-10-11-19-20(16-17)24(31)27(23(19)30)18-8-4-3-5-9-18/h10-11,16,18H,1-9,12-15H2,(H,25,29). The number of hydrogen-bond donors (Lipinski definition) is 1. The van der Waals surface area contributed by atoms with Gasteiger partial charge in [-0.3, -0.25) is 24.1 Å². The number of carbonyl (C=O) groups is 4. The summed E-state index contributed by atoms with van der Waals surface area (Å²) in [6.07, 6.45) is 9.58. The van der Waals surface area contributed by atoms with Crippen LogP contribution < -0.4 is 5.32 Å². The zero-order valence-electron chi connectivity index (χ0n) is 18.0. The van der Waals surface area contributed by atoms with Crippen LogP contribution in [0.15, 0.2) is 18.2 Å². The number of amides is 4. The van der Waals surface area contributed by atoms with E-state index in [9.17, 15) is 19.2 Å². The van der Waals surface area contributed by atoms with Crippen LogP contribution in [0.5, 0.6) is 0 Å². The van der Waals surface area contributed by atoms with Gasteiger partial charge in [-0.25, -0.2) is 0 Å². The van der Waals surface area contributed by atoms with E-state index in [0.717, 1.165) is 70.9 Å². The number of rotatable bonds is 5. The largest absolute Gasteiger partial charge is 0.352 e. The first-order valence-electron chi connectivity index (χ1n) is 11.6. The van der Waals surface area contributed by atoms with Crippen LogP contribution in [0.3, 0.4) is 0 Å². The maximum Gasteiger partial charge on any atom is 0.261 e. The second kappa shape index (κ2) is 9.62. The van der Waals surface area contributed by atoms with Gasteiger partial charge in [-0.15, -0.1) is 0 Å². The van der Waals surface area contributed by atoms with Crippen molar-refractivity contribution in [3.05, 3.63) is 34.9 Å². The fourth-order valence-corrected chi connectivity index (χ4v) is 4.93. The number of fused-ring (bicyclic) bond motifs is 1. The quantitative estimate of drug-likeness (QED) is 0.735. The van der Waals surface area contributed by atoms with E-state index < -0.39 is 0 Å². The summed E-state index contributed by atoms with van der Waals surface area (Å²) < 4.78 is 0. The number of likely N-dealkylation sites (tertiary alicyclic amines) is 1. The van der Waals surface area contributed by atoms with E-state index >= 15 is 0 Å². The van der Waals surface area contributed by atoms with Gasteiger partial charge < -0.3 is 10.2 Å². The molecule has 0 unspecified atom stereocenters. The van der Waals surface area contributed by atoms with E-state index in [1.807, 2.05) is 4.90 Å². The molecule has 1 saturated heterocycles. The maximum absolute atomic E-state index is 12.9. The van der Waals surface area contributed by atoms with Crippen LogP contribution in [0.25, 0.3) is 0 Å². The lowest BCUT2D eigenvalue weighted by atomic mass is 9.94. The number of carbonyl (C=O) groups excluding carboxylic acids is 4. The van der Waals surface area contributed by atoms with Gasteiger partial charge in [0.1, 0.15) is 0 Å². The molecule has 0 radical (unpaired) electrons. The fourth-order valence-electron chi connectivity index (χ4n) is 4.93. The van der Waals surface area contributed by atoms with Gasteiger partial charge in [-0.05, 0) is 43.9 Å². The first-order valence-corrected chi connectivity index (χ1v) is 11.6. The molecule has 2 aliphatic heterocycles. The SMILES string of the molecule is O=C(NCCC(=O)N1CCCCCC1)c1ccc2c(c1)C(=O)N(C1CCCCC1)C2=O. The summed E-state index contributed by atoms with van der Waals surface area (Å²) in [7, 11) is 0. The molecule has 7 nitrogen and oxygen atoms in total. The Balaban J connectivity index is 1.35. The molecular formula is C24H31N3O4. The molecule has 0 bridgehead atoms. The molecule has 0 spiro atoms. The third-order valence-electron chi connectivity index (χ3n) is 6.70. The van der Waals surface area contributed by atoms with Gasteiger partial charge in [0, 0.05) is 37.7 Å². The Morgan fingerprint density at radius 1 is 0.871 bits per heavy atom. The van der Waals surface area contributed by atoms with Crippen LogP contribution in [0, 0.1) is 0 Å². The van der Waals surface area contributed by atoms with Gasteiger partial charge >= 0.3 is 0 Å². The van der Waals surface area contributed by atoms with Crippen LogP contribution in [0.4, 0.5) is 0 Å². The second-order valence-corrected chi connectivity index (χ2v) is 8.83. The zero-order chi connectivity index (χ0) is 21.8. The third kappa shape index (κ3) is 4.65. The molecule has 0 atom stereocenters. The Hall–Kier alpha value is -2.70. The molecule has 1 saturated carbocycles. The molecule has 4 rings (SSSR count). The lowest BCUT2D eigenvalue weighted by Crippen LogP contribution is -2.40.